The number of H-pyrrole nitrogens is 1. The van der Waals surface area contributed by atoms with Gasteiger partial charge in [0.15, 0.2) is 5.65 Å². The van der Waals surface area contributed by atoms with Crippen LogP contribution in [0, 0.1) is 0 Å². The third-order valence-electron chi connectivity index (χ3n) is 3.79. The van der Waals surface area contributed by atoms with Gasteiger partial charge < -0.3 is 5.32 Å². The van der Waals surface area contributed by atoms with Crippen LogP contribution in [0.4, 0.5) is 5.82 Å². The van der Waals surface area contributed by atoms with Crippen molar-refractivity contribution >= 4 is 16.9 Å². The Bertz CT molecular complexity index is 863. The van der Waals surface area contributed by atoms with E-state index >= 15 is 0 Å². The highest BCUT2D eigenvalue weighted by molar-refractivity contribution is 5.85. The summed E-state index contributed by atoms with van der Waals surface area (Å²) in [5.41, 5.74) is 3.07. The SMILES string of the molecule is c1ccc(C(Nc2ncnc3[nH]ncc23)c2ccccc2)cc1. The van der Waals surface area contributed by atoms with E-state index in [1.54, 1.807) is 6.20 Å². The van der Waals surface area contributed by atoms with E-state index in [0.29, 0.717) is 0 Å². The number of nitrogens with zero attached hydrogens (tertiary/aromatic N) is 3. The molecule has 0 aliphatic heterocycles. The Morgan fingerprint density at radius 2 is 1.48 bits per heavy atom. The number of hydrogen-bond acceptors (Lipinski definition) is 4. The van der Waals surface area contributed by atoms with Gasteiger partial charge in [0.25, 0.3) is 0 Å². The Hall–Kier alpha value is -3.21. The molecule has 2 N–H and O–H groups in total. The molecule has 0 saturated heterocycles. The van der Waals surface area contributed by atoms with Gasteiger partial charge >= 0.3 is 0 Å². The molecule has 0 fully saturated rings. The summed E-state index contributed by atoms with van der Waals surface area (Å²) in [6.45, 7) is 0. The lowest BCUT2D eigenvalue weighted by molar-refractivity contribution is 0.927. The van der Waals surface area contributed by atoms with Gasteiger partial charge in [0.2, 0.25) is 0 Å². The number of anilines is 1. The minimum absolute atomic E-state index is 0.00500. The zero-order chi connectivity index (χ0) is 15.5. The summed E-state index contributed by atoms with van der Waals surface area (Å²) in [4.78, 5) is 8.57. The molecule has 0 atom stereocenters. The van der Waals surface area contributed by atoms with Crippen LogP contribution in [0.3, 0.4) is 0 Å². The van der Waals surface area contributed by atoms with E-state index in [1.807, 2.05) is 36.4 Å². The average molecular weight is 301 g/mol. The number of fused-ring (bicyclic) bond motifs is 1. The number of hydrogen-bond donors (Lipinski definition) is 2. The highest BCUT2D eigenvalue weighted by Crippen LogP contribution is 2.28. The van der Waals surface area contributed by atoms with Crippen LogP contribution in [-0.4, -0.2) is 20.2 Å². The van der Waals surface area contributed by atoms with Gasteiger partial charge in [-0.15, -0.1) is 0 Å². The Morgan fingerprint density at radius 3 is 2.13 bits per heavy atom. The van der Waals surface area contributed by atoms with Crippen LogP contribution >= 0.6 is 0 Å². The molecule has 2 aromatic heterocycles. The molecule has 112 valence electrons. The quantitative estimate of drug-likeness (QED) is 0.605. The van der Waals surface area contributed by atoms with E-state index in [-0.39, 0.29) is 6.04 Å². The third-order valence-corrected chi connectivity index (χ3v) is 3.79. The molecule has 2 heterocycles. The summed E-state index contributed by atoms with van der Waals surface area (Å²) >= 11 is 0. The number of rotatable bonds is 4. The van der Waals surface area contributed by atoms with E-state index in [0.717, 1.165) is 16.9 Å². The van der Waals surface area contributed by atoms with E-state index in [2.05, 4.69) is 49.7 Å². The first-order chi connectivity index (χ1) is 11.4. The van der Waals surface area contributed by atoms with Gasteiger partial charge in [0.1, 0.15) is 12.1 Å². The number of aromatic nitrogens is 4. The van der Waals surface area contributed by atoms with E-state index in [4.69, 9.17) is 0 Å². The lowest BCUT2D eigenvalue weighted by atomic mass is 9.98. The van der Waals surface area contributed by atoms with Crippen LogP contribution in [0.15, 0.2) is 73.2 Å². The molecule has 0 aliphatic carbocycles. The first-order valence-corrected chi connectivity index (χ1v) is 7.42. The second-order valence-corrected chi connectivity index (χ2v) is 5.25. The molecule has 0 saturated carbocycles. The van der Waals surface area contributed by atoms with Crippen LogP contribution < -0.4 is 5.32 Å². The zero-order valence-corrected chi connectivity index (χ0v) is 12.3. The first-order valence-electron chi connectivity index (χ1n) is 7.42. The Labute approximate surface area is 133 Å². The molecule has 0 radical (unpaired) electrons. The lowest BCUT2D eigenvalue weighted by Gasteiger charge is -2.20. The Morgan fingerprint density at radius 1 is 0.826 bits per heavy atom. The van der Waals surface area contributed by atoms with Gasteiger partial charge in [-0.25, -0.2) is 9.97 Å². The summed E-state index contributed by atoms with van der Waals surface area (Å²) in [5, 5.41) is 11.3. The Balaban J connectivity index is 1.79. The van der Waals surface area contributed by atoms with Crippen molar-refractivity contribution in [2.24, 2.45) is 0 Å². The van der Waals surface area contributed by atoms with Gasteiger partial charge in [-0.05, 0) is 11.1 Å². The number of aromatic amines is 1. The molecule has 23 heavy (non-hydrogen) atoms. The maximum atomic E-state index is 4.39. The maximum absolute atomic E-state index is 4.39. The van der Waals surface area contributed by atoms with Crippen molar-refractivity contribution in [2.45, 2.75) is 6.04 Å². The second kappa shape index (κ2) is 5.88. The van der Waals surface area contributed by atoms with Gasteiger partial charge in [0.05, 0.1) is 17.6 Å². The summed E-state index contributed by atoms with van der Waals surface area (Å²) in [6, 6.07) is 20.6. The number of nitrogens with one attached hydrogen (secondary N) is 2. The molecular weight excluding hydrogens is 286 g/mol. The fourth-order valence-corrected chi connectivity index (χ4v) is 2.67. The summed E-state index contributed by atoms with van der Waals surface area (Å²) in [5.74, 6) is 0.765. The largest absolute Gasteiger partial charge is 0.358 e. The predicted molar refractivity (Wildman–Crippen MR) is 90.0 cm³/mol. The number of benzene rings is 2. The summed E-state index contributed by atoms with van der Waals surface area (Å²) < 4.78 is 0. The fourth-order valence-electron chi connectivity index (χ4n) is 2.67. The van der Waals surface area contributed by atoms with Gasteiger partial charge in [-0.1, -0.05) is 60.7 Å². The molecule has 5 heteroatoms. The molecular formula is C18H15N5. The molecule has 0 bridgehead atoms. The van der Waals surface area contributed by atoms with E-state index < -0.39 is 0 Å². The molecule has 2 aromatic carbocycles. The van der Waals surface area contributed by atoms with Gasteiger partial charge in [-0.2, -0.15) is 5.10 Å². The van der Waals surface area contributed by atoms with Crippen LogP contribution in [0.1, 0.15) is 17.2 Å². The monoisotopic (exact) mass is 301 g/mol. The van der Waals surface area contributed by atoms with Crippen molar-refractivity contribution in [1.82, 2.24) is 20.2 Å². The van der Waals surface area contributed by atoms with Crippen molar-refractivity contribution in [2.75, 3.05) is 5.32 Å². The van der Waals surface area contributed by atoms with Crippen LogP contribution in [0.25, 0.3) is 11.0 Å². The van der Waals surface area contributed by atoms with Crippen molar-refractivity contribution in [3.8, 4) is 0 Å². The Kier molecular flexibility index (Phi) is 3.44. The van der Waals surface area contributed by atoms with Crippen molar-refractivity contribution in [1.29, 1.82) is 0 Å². The lowest BCUT2D eigenvalue weighted by Crippen LogP contribution is -2.13. The predicted octanol–water partition coefficient (Wildman–Crippen LogP) is 3.55. The van der Waals surface area contributed by atoms with Crippen molar-refractivity contribution in [3.05, 3.63) is 84.3 Å². The van der Waals surface area contributed by atoms with Crippen LogP contribution in [0.2, 0.25) is 0 Å². The van der Waals surface area contributed by atoms with Crippen molar-refractivity contribution in [3.63, 3.8) is 0 Å². The van der Waals surface area contributed by atoms with Crippen molar-refractivity contribution < 1.29 is 0 Å². The van der Waals surface area contributed by atoms with Gasteiger partial charge in [-0.3, -0.25) is 5.10 Å². The fraction of sp³-hybridized carbons (Fsp3) is 0.0556. The maximum Gasteiger partial charge on any atom is 0.160 e. The molecule has 4 rings (SSSR count). The molecule has 4 aromatic rings. The minimum Gasteiger partial charge on any atom is -0.358 e. The highest BCUT2D eigenvalue weighted by atomic mass is 15.2. The summed E-state index contributed by atoms with van der Waals surface area (Å²) in [7, 11) is 0. The smallest absolute Gasteiger partial charge is 0.160 e. The first kappa shape index (κ1) is 13.5. The standard InChI is InChI=1S/C18H15N5/c1-3-7-13(8-4-1)16(14-9-5-2-6-10-14)22-17-15-11-21-23-18(15)20-12-19-17/h1-12,16H,(H2,19,20,21,22,23). The van der Waals surface area contributed by atoms with Crippen LogP contribution in [0.5, 0.6) is 0 Å². The highest BCUT2D eigenvalue weighted by Gasteiger charge is 2.16. The molecule has 0 aliphatic rings. The van der Waals surface area contributed by atoms with Crippen LogP contribution in [-0.2, 0) is 0 Å². The second-order valence-electron chi connectivity index (χ2n) is 5.25. The topological polar surface area (TPSA) is 66.5 Å². The average Bonchev–Trinajstić information content (AvgIpc) is 3.11. The zero-order valence-electron chi connectivity index (χ0n) is 12.3. The van der Waals surface area contributed by atoms with E-state index in [1.165, 1.54) is 17.5 Å². The summed E-state index contributed by atoms with van der Waals surface area (Å²) in [6.07, 6.45) is 3.28. The molecule has 0 spiro atoms. The van der Waals surface area contributed by atoms with Gasteiger partial charge in [0, 0.05) is 0 Å². The molecule has 5 nitrogen and oxygen atoms in total. The minimum atomic E-state index is 0.00500. The molecule has 0 amide bonds. The molecule has 0 unspecified atom stereocenters. The van der Waals surface area contributed by atoms with E-state index in [9.17, 15) is 0 Å². The normalized spacial score (nSPS) is 11.0. The third kappa shape index (κ3) is 2.64.